The molecule has 112 valence electrons. The van der Waals surface area contributed by atoms with Gasteiger partial charge < -0.3 is 11.1 Å². The topological polar surface area (TPSA) is 55.1 Å². The first-order valence-electron chi connectivity index (χ1n) is 5.76. The van der Waals surface area contributed by atoms with Gasteiger partial charge in [-0.3, -0.25) is 4.79 Å². The summed E-state index contributed by atoms with van der Waals surface area (Å²) < 4.78 is 38.7. The number of hydrogen-bond donors (Lipinski definition) is 2. The second-order valence-electron chi connectivity index (χ2n) is 4.14. The molecular weight excluding hydrogens is 325 g/mol. The van der Waals surface area contributed by atoms with E-state index in [1.54, 1.807) is 17.5 Å². The van der Waals surface area contributed by atoms with Gasteiger partial charge in [0.2, 0.25) is 5.91 Å². The van der Waals surface area contributed by atoms with Gasteiger partial charge in [0.1, 0.15) is 6.04 Å². The highest BCUT2D eigenvalue weighted by Crippen LogP contribution is 2.38. The Bertz CT molecular complexity index is 643. The molecule has 3 N–H and O–H groups in total. The monoisotopic (exact) mass is 334 g/mol. The highest BCUT2D eigenvalue weighted by atomic mass is 35.5. The summed E-state index contributed by atoms with van der Waals surface area (Å²) in [4.78, 5) is 12.5. The predicted octanol–water partition coefficient (Wildman–Crippen LogP) is 4.06. The number of nitrogens with two attached hydrogens (primary N) is 1. The van der Waals surface area contributed by atoms with Crippen LogP contribution in [0, 0.1) is 0 Å². The maximum Gasteiger partial charge on any atom is 0.418 e. The Morgan fingerprint density at radius 1 is 1.29 bits per heavy atom. The summed E-state index contributed by atoms with van der Waals surface area (Å²) in [6.07, 6.45) is -4.62. The van der Waals surface area contributed by atoms with Crippen LogP contribution < -0.4 is 11.1 Å². The zero-order valence-corrected chi connectivity index (χ0v) is 12.0. The van der Waals surface area contributed by atoms with E-state index in [4.69, 9.17) is 17.3 Å². The van der Waals surface area contributed by atoms with Crippen molar-refractivity contribution in [2.75, 3.05) is 5.32 Å². The standard InChI is InChI=1S/C13H10ClF3N2OS/c14-8-4-1-3-7(13(15,16)17)11(8)19-12(20)10(18)9-5-2-6-21-9/h1-6,10H,18H2,(H,19,20). The largest absolute Gasteiger partial charge is 0.418 e. The van der Waals surface area contributed by atoms with Crippen LogP contribution in [0.2, 0.25) is 5.02 Å². The molecule has 1 amide bonds. The van der Waals surface area contributed by atoms with E-state index in [9.17, 15) is 18.0 Å². The van der Waals surface area contributed by atoms with E-state index < -0.39 is 29.4 Å². The number of thiophene rings is 1. The number of hydrogen-bond acceptors (Lipinski definition) is 3. The minimum atomic E-state index is -4.62. The lowest BCUT2D eigenvalue weighted by molar-refractivity contribution is -0.137. The summed E-state index contributed by atoms with van der Waals surface area (Å²) >= 11 is 7.00. The van der Waals surface area contributed by atoms with Gasteiger partial charge in [-0.15, -0.1) is 11.3 Å². The number of anilines is 1. The van der Waals surface area contributed by atoms with Gasteiger partial charge in [-0.2, -0.15) is 13.2 Å². The molecule has 0 saturated heterocycles. The molecule has 0 aliphatic heterocycles. The average molecular weight is 335 g/mol. The number of halogens is 4. The molecule has 1 atom stereocenters. The van der Waals surface area contributed by atoms with Crippen LogP contribution in [0.25, 0.3) is 0 Å². The fraction of sp³-hybridized carbons (Fsp3) is 0.154. The molecule has 1 unspecified atom stereocenters. The van der Waals surface area contributed by atoms with E-state index in [2.05, 4.69) is 5.32 Å². The van der Waals surface area contributed by atoms with Crippen molar-refractivity contribution in [1.82, 2.24) is 0 Å². The number of benzene rings is 1. The SMILES string of the molecule is NC(C(=O)Nc1c(Cl)cccc1C(F)(F)F)c1cccs1. The number of amides is 1. The average Bonchev–Trinajstić information content (AvgIpc) is 2.92. The number of para-hydroxylation sites is 1. The quantitative estimate of drug-likeness (QED) is 0.889. The Hall–Kier alpha value is -1.57. The van der Waals surface area contributed by atoms with Crippen molar-refractivity contribution in [3.8, 4) is 0 Å². The molecule has 1 aromatic heterocycles. The minimum absolute atomic E-state index is 0.198. The normalized spacial score (nSPS) is 13.0. The zero-order chi connectivity index (χ0) is 15.6. The molecular formula is C13H10ClF3N2OS. The van der Waals surface area contributed by atoms with Crippen LogP contribution >= 0.6 is 22.9 Å². The number of alkyl halides is 3. The summed E-state index contributed by atoms with van der Waals surface area (Å²) in [5.74, 6) is -0.754. The fourth-order valence-electron chi connectivity index (χ4n) is 1.69. The van der Waals surface area contributed by atoms with Crippen LogP contribution in [0.1, 0.15) is 16.5 Å². The van der Waals surface area contributed by atoms with Crippen LogP contribution in [0.3, 0.4) is 0 Å². The van der Waals surface area contributed by atoms with Gasteiger partial charge in [-0.1, -0.05) is 23.7 Å². The van der Waals surface area contributed by atoms with Gasteiger partial charge in [-0.25, -0.2) is 0 Å². The van der Waals surface area contributed by atoms with E-state index in [-0.39, 0.29) is 5.02 Å². The summed E-state index contributed by atoms with van der Waals surface area (Å²) in [6, 6.07) is 5.55. The molecule has 21 heavy (non-hydrogen) atoms. The lowest BCUT2D eigenvalue weighted by Crippen LogP contribution is -2.28. The van der Waals surface area contributed by atoms with E-state index in [1.807, 2.05) is 0 Å². The number of rotatable bonds is 3. The number of carbonyl (C=O) groups is 1. The van der Waals surface area contributed by atoms with Crippen molar-refractivity contribution in [2.24, 2.45) is 5.73 Å². The van der Waals surface area contributed by atoms with Gasteiger partial charge in [0.15, 0.2) is 0 Å². The lowest BCUT2D eigenvalue weighted by atomic mass is 10.1. The maximum absolute atomic E-state index is 12.9. The number of nitrogens with one attached hydrogen (secondary N) is 1. The first kappa shape index (κ1) is 15.8. The van der Waals surface area contributed by atoms with Crippen LogP contribution in [0.5, 0.6) is 0 Å². The smallest absolute Gasteiger partial charge is 0.323 e. The Labute approximate surface area is 127 Å². The Balaban J connectivity index is 2.29. The summed E-state index contributed by atoms with van der Waals surface area (Å²) in [5.41, 5.74) is 4.22. The molecule has 3 nitrogen and oxygen atoms in total. The fourth-order valence-corrected chi connectivity index (χ4v) is 2.63. The van der Waals surface area contributed by atoms with Crippen molar-refractivity contribution < 1.29 is 18.0 Å². The van der Waals surface area contributed by atoms with E-state index >= 15 is 0 Å². The molecule has 0 aliphatic rings. The van der Waals surface area contributed by atoms with Crippen LogP contribution in [-0.4, -0.2) is 5.91 Å². The maximum atomic E-state index is 12.9. The van der Waals surface area contributed by atoms with Gasteiger partial charge >= 0.3 is 6.18 Å². The minimum Gasteiger partial charge on any atom is -0.323 e. The van der Waals surface area contributed by atoms with Crippen LogP contribution in [-0.2, 0) is 11.0 Å². The lowest BCUT2D eigenvalue weighted by Gasteiger charge is -2.17. The molecule has 0 bridgehead atoms. The van der Waals surface area contributed by atoms with Gasteiger partial charge in [-0.05, 0) is 23.6 Å². The first-order valence-corrected chi connectivity index (χ1v) is 7.02. The Morgan fingerprint density at radius 3 is 2.57 bits per heavy atom. The molecule has 8 heteroatoms. The van der Waals surface area contributed by atoms with Gasteiger partial charge in [0.05, 0.1) is 16.3 Å². The Kier molecular flexibility index (Phi) is 4.55. The highest BCUT2D eigenvalue weighted by Gasteiger charge is 2.35. The Morgan fingerprint density at radius 2 is 2.00 bits per heavy atom. The molecule has 0 saturated carbocycles. The first-order chi connectivity index (χ1) is 9.80. The molecule has 2 rings (SSSR count). The second kappa shape index (κ2) is 6.05. The van der Waals surface area contributed by atoms with Gasteiger partial charge in [0.25, 0.3) is 0 Å². The molecule has 0 fully saturated rings. The van der Waals surface area contributed by atoms with Crippen molar-refractivity contribution in [1.29, 1.82) is 0 Å². The molecule has 0 aliphatic carbocycles. The summed E-state index contributed by atoms with van der Waals surface area (Å²) in [7, 11) is 0. The summed E-state index contributed by atoms with van der Waals surface area (Å²) in [5, 5.41) is 3.69. The van der Waals surface area contributed by atoms with Crippen molar-refractivity contribution in [3.05, 3.63) is 51.2 Å². The third kappa shape index (κ3) is 3.55. The zero-order valence-electron chi connectivity index (χ0n) is 10.4. The predicted molar refractivity (Wildman–Crippen MR) is 76.3 cm³/mol. The van der Waals surface area contributed by atoms with E-state index in [1.165, 1.54) is 23.5 Å². The molecule has 1 heterocycles. The van der Waals surface area contributed by atoms with E-state index in [0.29, 0.717) is 4.88 Å². The van der Waals surface area contributed by atoms with Crippen molar-refractivity contribution >= 4 is 34.5 Å². The third-order valence-corrected chi connectivity index (χ3v) is 3.97. The van der Waals surface area contributed by atoms with Gasteiger partial charge in [0, 0.05) is 4.88 Å². The van der Waals surface area contributed by atoms with Crippen LogP contribution in [0.4, 0.5) is 18.9 Å². The molecule has 0 spiro atoms. The highest BCUT2D eigenvalue weighted by molar-refractivity contribution is 7.10. The molecule has 0 radical (unpaired) electrons. The van der Waals surface area contributed by atoms with Crippen molar-refractivity contribution in [3.63, 3.8) is 0 Å². The van der Waals surface area contributed by atoms with Crippen LogP contribution in [0.15, 0.2) is 35.7 Å². The summed E-state index contributed by atoms with van der Waals surface area (Å²) in [6.45, 7) is 0. The molecule has 2 aromatic rings. The second-order valence-corrected chi connectivity index (χ2v) is 5.53. The number of carbonyl (C=O) groups excluding carboxylic acids is 1. The van der Waals surface area contributed by atoms with Crippen molar-refractivity contribution in [2.45, 2.75) is 12.2 Å². The third-order valence-electron chi connectivity index (χ3n) is 2.70. The molecule has 1 aromatic carbocycles. The van der Waals surface area contributed by atoms with E-state index in [0.717, 1.165) is 6.07 Å².